The van der Waals surface area contributed by atoms with Crippen molar-refractivity contribution < 1.29 is 17.9 Å². The fourth-order valence-electron chi connectivity index (χ4n) is 3.11. The van der Waals surface area contributed by atoms with Crippen LogP contribution in [0.4, 0.5) is 5.69 Å². The molecule has 6 nitrogen and oxygen atoms in total. The molecule has 3 aromatic carbocycles. The Labute approximate surface area is 193 Å². The summed E-state index contributed by atoms with van der Waals surface area (Å²) >= 11 is 6.13. The summed E-state index contributed by atoms with van der Waals surface area (Å²) in [6.07, 6.45) is 0. The van der Waals surface area contributed by atoms with Crippen molar-refractivity contribution in [2.24, 2.45) is 0 Å². The summed E-state index contributed by atoms with van der Waals surface area (Å²) in [5, 5.41) is 3.41. The summed E-state index contributed by atoms with van der Waals surface area (Å²) in [6, 6.07) is 20.3. The number of halogens is 1. The fourth-order valence-corrected chi connectivity index (χ4v) is 4.75. The second kappa shape index (κ2) is 10.6. The van der Waals surface area contributed by atoms with E-state index in [2.05, 4.69) is 5.32 Å². The third-order valence-electron chi connectivity index (χ3n) is 4.92. The number of hydrogen-bond acceptors (Lipinski definition) is 4. The minimum absolute atomic E-state index is 0.194. The van der Waals surface area contributed by atoms with Crippen LogP contribution in [-0.4, -0.2) is 31.7 Å². The quantitative estimate of drug-likeness (QED) is 0.464. The predicted octanol–water partition coefficient (Wildman–Crippen LogP) is 5.20. The fraction of sp³-hybridized carbons (Fsp3) is 0.208. The summed E-state index contributed by atoms with van der Waals surface area (Å²) in [7, 11) is -3.53. The number of benzene rings is 3. The lowest BCUT2D eigenvalue weighted by Crippen LogP contribution is -2.30. The summed E-state index contributed by atoms with van der Waals surface area (Å²) in [4.78, 5) is 12.7. The van der Waals surface area contributed by atoms with Gasteiger partial charge in [-0.2, -0.15) is 4.31 Å². The van der Waals surface area contributed by atoms with E-state index in [1.54, 1.807) is 56.3 Å². The van der Waals surface area contributed by atoms with E-state index in [4.69, 9.17) is 16.3 Å². The van der Waals surface area contributed by atoms with Crippen LogP contribution in [0.25, 0.3) is 0 Å². The van der Waals surface area contributed by atoms with Crippen molar-refractivity contribution in [2.75, 3.05) is 18.4 Å². The first-order chi connectivity index (χ1) is 15.3. The Balaban J connectivity index is 1.61. The number of carbonyl (C=O) groups is 1. The van der Waals surface area contributed by atoms with Crippen molar-refractivity contribution in [1.29, 1.82) is 0 Å². The van der Waals surface area contributed by atoms with Gasteiger partial charge in [0.15, 0.2) is 0 Å². The number of amides is 1. The molecule has 0 spiro atoms. The van der Waals surface area contributed by atoms with Crippen LogP contribution < -0.4 is 10.1 Å². The Morgan fingerprint density at radius 1 is 0.938 bits per heavy atom. The zero-order valence-corrected chi connectivity index (χ0v) is 19.5. The summed E-state index contributed by atoms with van der Waals surface area (Å²) in [6.45, 7) is 4.71. The summed E-state index contributed by atoms with van der Waals surface area (Å²) in [5.74, 6) is 0.314. The van der Waals surface area contributed by atoms with Crippen LogP contribution in [0, 0.1) is 0 Å². The lowest BCUT2D eigenvalue weighted by atomic mass is 10.2. The van der Waals surface area contributed by atoms with Gasteiger partial charge in [-0.05, 0) is 54.6 Å². The van der Waals surface area contributed by atoms with Crippen LogP contribution in [0.15, 0.2) is 77.7 Å². The second-order valence-electron chi connectivity index (χ2n) is 6.97. The monoisotopic (exact) mass is 472 g/mol. The highest BCUT2D eigenvalue weighted by atomic mass is 35.5. The van der Waals surface area contributed by atoms with Gasteiger partial charge in [0, 0.05) is 34.9 Å². The topological polar surface area (TPSA) is 75.7 Å². The zero-order valence-electron chi connectivity index (χ0n) is 17.9. The molecule has 0 aromatic heterocycles. The number of nitrogens with one attached hydrogen (secondary N) is 1. The van der Waals surface area contributed by atoms with E-state index in [0.717, 1.165) is 5.56 Å². The van der Waals surface area contributed by atoms with E-state index >= 15 is 0 Å². The average molecular weight is 473 g/mol. The van der Waals surface area contributed by atoms with E-state index in [9.17, 15) is 13.2 Å². The first-order valence-corrected chi connectivity index (χ1v) is 12.0. The van der Waals surface area contributed by atoms with Gasteiger partial charge in [0.25, 0.3) is 5.91 Å². The third-order valence-corrected chi connectivity index (χ3v) is 7.36. The number of nitrogens with zero attached hydrogens (tertiary/aromatic N) is 1. The molecular weight excluding hydrogens is 448 g/mol. The maximum Gasteiger partial charge on any atom is 0.255 e. The Bertz CT molecular complexity index is 1160. The number of sulfonamides is 1. The van der Waals surface area contributed by atoms with Crippen molar-refractivity contribution in [3.63, 3.8) is 0 Å². The van der Waals surface area contributed by atoms with Crippen molar-refractivity contribution in [1.82, 2.24) is 4.31 Å². The van der Waals surface area contributed by atoms with E-state index in [1.165, 1.54) is 16.4 Å². The van der Waals surface area contributed by atoms with Crippen LogP contribution in [0.3, 0.4) is 0 Å². The maximum atomic E-state index is 12.6. The molecule has 3 rings (SSSR count). The molecule has 0 atom stereocenters. The molecule has 0 saturated carbocycles. The van der Waals surface area contributed by atoms with E-state index in [1.807, 2.05) is 18.2 Å². The van der Waals surface area contributed by atoms with Crippen LogP contribution in [-0.2, 0) is 16.6 Å². The van der Waals surface area contributed by atoms with Crippen molar-refractivity contribution in [3.8, 4) is 5.75 Å². The molecule has 0 saturated heterocycles. The van der Waals surface area contributed by atoms with E-state index < -0.39 is 10.0 Å². The Hall–Kier alpha value is -2.87. The minimum atomic E-state index is -3.53. The molecule has 0 radical (unpaired) electrons. The summed E-state index contributed by atoms with van der Waals surface area (Å²) < 4.78 is 32.2. The molecule has 32 heavy (non-hydrogen) atoms. The van der Waals surface area contributed by atoms with E-state index in [0.29, 0.717) is 41.7 Å². The van der Waals surface area contributed by atoms with Gasteiger partial charge >= 0.3 is 0 Å². The molecule has 168 valence electrons. The SMILES string of the molecule is CCN(CC)S(=O)(=O)c1ccc(NC(=O)c2ccc(OCc3ccccc3Cl)cc2)cc1. The van der Waals surface area contributed by atoms with Gasteiger partial charge in [0.05, 0.1) is 4.90 Å². The third kappa shape index (κ3) is 5.68. The molecular formula is C24H25ClN2O4S. The molecule has 1 amide bonds. The van der Waals surface area contributed by atoms with Gasteiger partial charge in [0.2, 0.25) is 10.0 Å². The van der Waals surface area contributed by atoms with Gasteiger partial charge in [-0.25, -0.2) is 8.42 Å². The molecule has 0 unspecified atom stereocenters. The normalized spacial score (nSPS) is 11.4. The molecule has 0 fully saturated rings. The van der Waals surface area contributed by atoms with Gasteiger partial charge in [-0.1, -0.05) is 43.6 Å². The first kappa shape index (κ1) is 23.8. The maximum absolute atomic E-state index is 12.6. The average Bonchev–Trinajstić information content (AvgIpc) is 2.80. The lowest BCUT2D eigenvalue weighted by molar-refractivity contribution is 0.102. The zero-order chi connectivity index (χ0) is 23.1. The van der Waals surface area contributed by atoms with Crippen LogP contribution >= 0.6 is 11.6 Å². The molecule has 8 heteroatoms. The predicted molar refractivity (Wildman–Crippen MR) is 127 cm³/mol. The van der Waals surface area contributed by atoms with Crippen LogP contribution in [0.5, 0.6) is 5.75 Å². The first-order valence-electron chi connectivity index (χ1n) is 10.2. The molecule has 0 aliphatic rings. The van der Waals surface area contributed by atoms with Gasteiger partial charge in [-0.3, -0.25) is 4.79 Å². The highest BCUT2D eigenvalue weighted by molar-refractivity contribution is 7.89. The van der Waals surface area contributed by atoms with Crippen LogP contribution in [0.1, 0.15) is 29.8 Å². The molecule has 3 aromatic rings. The number of ether oxygens (including phenoxy) is 1. The van der Waals surface area contributed by atoms with Crippen molar-refractivity contribution in [3.05, 3.63) is 88.9 Å². The Morgan fingerprint density at radius 2 is 1.56 bits per heavy atom. The minimum Gasteiger partial charge on any atom is -0.489 e. The van der Waals surface area contributed by atoms with Gasteiger partial charge in [-0.15, -0.1) is 0 Å². The van der Waals surface area contributed by atoms with Crippen molar-refractivity contribution >= 4 is 33.2 Å². The Morgan fingerprint density at radius 3 is 2.16 bits per heavy atom. The largest absolute Gasteiger partial charge is 0.489 e. The highest BCUT2D eigenvalue weighted by Crippen LogP contribution is 2.21. The number of hydrogen-bond donors (Lipinski definition) is 1. The number of rotatable bonds is 9. The van der Waals surface area contributed by atoms with Crippen LogP contribution in [0.2, 0.25) is 5.02 Å². The smallest absolute Gasteiger partial charge is 0.255 e. The van der Waals surface area contributed by atoms with Crippen molar-refractivity contribution in [2.45, 2.75) is 25.3 Å². The van der Waals surface area contributed by atoms with Gasteiger partial charge in [0.1, 0.15) is 12.4 Å². The molecule has 0 bridgehead atoms. The lowest BCUT2D eigenvalue weighted by Gasteiger charge is -2.18. The number of anilines is 1. The molecule has 0 heterocycles. The number of carbonyl (C=O) groups excluding carboxylic acids is 1. The second-order valence-corrected chi connectivity index (χ2v) is 9.32. The molecule has 0 aliphatic heterocycles. The Kier molecular flexibility index (Phi) is 7.90. The highest BCUT2D eigenvalue weighted by Gasteiger charge is 2.21. The van der Waals surface area contributed by atoms with E-state index in [-0.39, 0.29) is 10.8 Å². The van der Waals surface area contributed by atoms with Gasteiger partial charge < -0.3 is 10.1 Å². The standard InChI is InChI=1S/C24H25ClN2O4S/c1-3-27(4-2)32(29,30)22-15-11-20(12-16-22)26-24(28)18-9-13-21(14-10-18)31-17-19-7-5-6-8-23(19)25/h5-16H,3-4,17H2,1-2H3,(H,26,28). The molecule has 0 aliphatic carbocycles. The molecule has 1 N–H and O–H groups in total. The summed E-state index contributed by atoms with van der Waals surface area (Å²) in [5.41, 5.74) is 1.84.